The third-order valence-corrected chi connectivity index (χ3v) is 4.50. The van der Waals surface area contributed by atoms with E-state index >= 15 is 0 Å². The first-order valence-corrected chi connectivity index (χ1v) is 8.36. The van der Waals surface area contributed by atoms with Gasteiger partial charge in [0.05, 0.1) is 18.4 Å². The van der Waals surface area contributed by atoms with Crippen molar-refractivity contribution in [2.45, 2.75) is 6.04 Å². The third kappa shape index (κ3) is 2.74. The molecule has 4 rings (SSSR count). The number of aromatic nitrogens is 3. The van der Waals surface area contributed by atoms with Gasteiger partial charge >= 0.3 is 5.97 Å². The number of hydrogen-bond acceptors (Lipinski definition) is 5. The summed E-state index contributed by atoms with van der Waals surface area (Å²) >= 11 is 6.03. The lowest BCUT2D eigenvalue weighted by Crippen LogP contribution is -2.29. The Bertz CT molecular complexity index is 980. The zero-order valence-electron chi connectivity index (χ0n) is 13.9. The van der Waals surface area contributed by atoms with E-state index in [1.54, 1.807) is 16.8 Å². The Morgan fingerprint density at radius 1 is 1.15 bits per heavy atom. The number of nitrogens with one attached hydrogen (secondary N) is 1. The van der Waals surface area contributed by atoms with Crippen molar-refractivity contribution in [1.29, 1.82) is 0 Å². The summed E-state index contributed by atoms with van der Waals surface area (Å²) in [5.41, 5.74) is 2.83. The van der Waals surface area contributed by atoms with Gasteiger partial charge in [-0.3, -0.25) is 0 Å². The van der Waals surface area contributed by atoms with Crippen LogP contribution in [0.2, 0.25) is 5.02 Å². The first-order valence-electron chi connectivity index (χ1n) is 7.99. The van der Waals surface area contributed by atoms with Crippen LogP contribution in [0.25, 0.3) is 5.70 Å². The molecule has 7 heteroatoms. The van der Waals surface area contributed by atoms with E-state index < -0.39 is 12.0 Å². The number of rotatable bonds is 3. The first kappa shape index (κ1) is 16.4. The van der Waals surface area contributed by atoms with E-state index in [1.807, 2.05) is 42.5 Å². The maximum Gasteiger partial charge on any atom is 0.338 e. The Labute approximate surface area is 155 Å². The predicted molar refractivity (Wildman–Crippen MR) is 98.6 cm³/mol. The molecule has 1 atom stereocenters. The van der Waals surface area contributed by atoms with Gasteiger partial charge in [-0.1, -0.05) is 54.1 Å². The fraction of sp³-hybridized carbons (Fsp3) is 0.105. The second-order valence-corrected chi connectivity index (χ2v) is 6.19. The summed E-state index contributed by atoms with van der Waals surface area (Å²) in [7, 11) is 1.37. The monoisotopic (exact) mass is 366 g/mol. The van der Waals surface area contributed by atoms with Gasteiger partial charge in [-0.15, -0.1) is 0 Å². The highest BCUT2D eigenvalue weighted by atomic mass is 35.5. The second-order valence-electron chi connectivity index (χ2n) is 5.75. The molecule has 1 N–H and O–H groups in total. The molecule has 0 amide bonds. The van der Waals surface area contributed by atoms with E-state index in [2.05, 4.69) is 15.4 Å². The van der Waals surface area contributed by atoms with Crippen LogP contribution in [-0.4, -0.2) is 27.8 Å². The van der Waals surface area contributed by atoms with Gasteiger partial charge in [0.25, 0.3) is 0 Å². The van der Waals surface area contributed by atoms with Gasteiger partial charge in [0.2, 0.25) is 5.95 Å². The Kier molecular flexibility index (Phi) is 4.18. The number of fused-ring (bicyclic) bond motifs is 1. The molecule has 0 bridgehead atoms. The van der Waals surface area contributed by atoms with Crippen LogP contribution >= 0.6 is 11.6 Å². The van der Waals surface area contributed by atoms with E-state index in [1.165, 1.54) is 13.4 Å². The minimum Gasteiger partial charge on any atom is -0.466 e. The second kappa shape index (κ2) is 6.65. The number of methoxy groups -OCH3 is 1. The molecule has 130 valence electrons. The molecule has 3 aromatic rings. The molecule has 6 nitrogen and oxygen atoms in total. The number of carbonyl (C=O) groups is 1. The van der Waals surface area contributed by atoms with Crippen molar-refractivity contribution in [2.24, 2.45) is 0 Å². The van der Waals surface area contributed by atoms with Crippen LogP contribution in [0.4, 0.5) is 5.95 Å². The number of carbonyl (C=O) groups excluding carboxylic acids is 1. The summed E-state index contributed by atoms with van der Waals surface area (Å²) in [6, 6.07) is 16.4. The van der Waals surface area contributed by atoms with Crippen molar-refractivity contribution in [2.75, 3.05) is 12.4 Å². The van der Waals surface area contributed by atoms with Gasteiger partial charge in [0, 0.05) is 5.02 Å². The zero-order valence-corrected chi connectivity index (χ0v) is 14.6. The van der Waals surface area contributed by atoms with Crippen LogP contribution in [0.5, 0.6) is 0 Å². The fourth-order valence-electron chi connectivity index (χ4n) is 3.08. The zero-order chi connectivity index (χ0) is 18.1. The van der Waals surface area contributed by atoms with Crippen LogP contribution in [0.15, 0.2) is 66.5 Å². The van der Waals surface area contributed by atoms with Gasteiger partial charge in [-0.25, -0.2) is 9.48 Å². The molecular formula is C19H15ClN4O2. The standard InChI is InChI=1S/C19H15ClN4O2/c1-26-18(25)15-16(12-5-3-2-4-6-12)23-19-21-11-22-24(19)17(15)13-7-9-14(20)10-8-13/h2-11,17H,1H3,(H,21,22,23). The van der Waals surface area contributed by atoms with Gasteiger partial charge in [-0.2, -0.15) is 10.1 Å². The van der Waals surface area contributed by atoms with Crippen molar-refractivity contribution in [1.82, 2.24) is 14.8 Å². The summed E-state index contributed by atoms with van der Waals surface area (Å²) < 4.78 is 6.75. The lowest BCUT2D eigenvalue weighted by Gasteiger charge is -2.29. The Hall–Kier alpha value is -3.12. The molecular weight excluding hydrogens is 352 g/mol. The molecule has 1 unspecified atom stereocenters. The minimum atomic E-state index is -0.478. The molecule has 0 spiro atoms. The van der Waals surface area contributed by atoms with Crippen molar-refractivity contribution in [3.05, 3.63) is 82.6 Å². The lowest BCUT2D eigenvalue weighted by molar-refractivity contribution is -0.136. The molecule has 1 aliphatic rings. The Morgan fingerprint density at radius 3 is 2.58 bits per heavy atom. The number of nitrogens with zero attached hydrogens (tertiary/aromatic N) is 3. The summed E-state index contributed by atoms with van der Waals surface area (Å²) in [5, 5.41) is 8.13. The maximum absolute atomic E-state index is 12.7. The third-order valence-electron chi connectivity index (χ3n) is 4.25. The Morgan fingerprint density at radius 2 is 1.88 bits per heavy atom. The molecule has 0 saturated carbocycles. The van der Waals surface area contributed by atoms with Gasteiger partial charge < -0.3 is 10.1 Å². The molecule has 1 aromatic heterocycles. The van der Waals surface area contributed by atoms with Gasteiger partial charge in [-0.05, 0) is 23.3 Å². The Balaban J connectivity index is 1.97. The molecule has 2 heterocycles. The van der Waals surface area contributed by atoms with Crippen molar-refractivity contribution in [3.63, 3.8) is 0 Å². The topological polar surface area (TPSA) is 69.0 Å². The molecule has 2 aromatic carbocycles. The number of ether oxygens (including phenoxy) is 1. The summed E-state index contributed by atoms with van der Waals surface area (Å²) in [6.07, 6.45) is 1.45. The van der Waals surface area contributed by atoms with E-state index in [9.17, 15) is 4.79 Å². The number of hydrogen-bond donors (Lipinski definition) is 1. The highest BCUT2D eigenvalue weighted by Gasteiger charge is 2.35. The first-order chi connectivity index (χ1) is 12.7. The summed E-state index contributed by atoms with van der Waals surface area (Å²) in [5.74, 6) is 0.119. The van der Waals surface area contributed by atoms with E-state index in [4.69, 9.17) is 16.3 Å². The average molecular weight is 367 g/mol. The number of benzene rings is 2. The van der Waals surface area contributed by atoms with Crippen LogP contribution in [0.1, 0.15) is 17.2 Å². The molecule has 0 radical (unpaired) electrons. The summed E-state index contributed by atoms with van der Waals surface area (Å²) in [6.45, 7) is 0. The average Bonchev–Trinajstić information content (AvgIpc) is 3.16. The summed E-state index contributed by atoms with van der Waals surface area (Å²) in [4.78, 5) is 17.0. The molecule has 26 heavy (non-hydrogen) atoms. The van der Waals surface area contributed by atoms with Crippen LogP contribution in [-0.2, 0) is 9.53 Å². The van der Waals surface area contributed by atoms with Crippen LogP contribution < -0.4 is 5.32 Å². The molecule has 0 aliphatic carbocycles. The van der Waals surface area contributed by atoms with Gasteiger partial charge in [0.1, 0.15) is 12.4 Å². The number of anilines is 1. The largest absolute Gasteiger partial charge is 0.466 e. The predicted octanol–water partition coefficient (Wildman–Crippen LogP) is 3.53. The SMILES string of the molecule is COC(=O)C1=C(c2ccccc2)Nc2ncnn2C1c1ccc(Cl)cc1. The van der Waals surface area contributed by atoms with Crippen molar-refractivity contribution in [3.8, 4) is 0 Å². The van der Waals surface area contributed by atoms with Crippen LogP contribution in [0, 0.1) is 0 Å². The smallest absolute Gasteiger partial charge is 0.338 e. The van der Waals surface area contributed by atoms with E-state index in [0.29, 0.717) is 22.2 Å². The lowest BCUT2D eigenvalue weighted by atomic mass is 9.93. The fourth-order valence-corrected chi connectivity index (χ4v) is 3.20. The quantitative estimate of drug-likeness (QED) is 0.718. The van der Waals surface area contributed by atoms with Crippen LogP contribution in [0.3, 0.4) is 0 Å². The van der Waals surface area contributed by atoms with E-state index in [-0.39, 0.29) is 0 Å². The molecule has 0 fully saturated rings. The normalized spacial score (nSPS) is 16.0. The van der Waals surface area contributed by atoms with Crippen molar-refractivity contribution < 1.29 is 9.53 Å². The van der Waals surface area contributed by atoms with Crippen molar-refractivity contribution >= 4 is 29.2 Å². The number of halogens is 1. The maximum atomic E-state index is 12.7. The number of esters is 1. The molecule has 1 aliphatic heterocycles. The minimum absolute atomic E-state index is 0.433. The molecule has 0 saturated heterocycles. The highest BCUT2D eigenvalue weighted by Crippen LogP contribution is 2.38. The highest BCUT2D eigenvalue weighted by molar-refractivity contribution is 6.30. The van der Waals surface area contributed by atoms with Gasteiger partial charge in [0.15, 0.2) is 0 Å². The van der Waals surface area contributed by atoms with E-state index in [0.717, 1.165) is 11.1 Å².